The smallest absolute Gasteiger partial charge is 0.309 e. The number of piperidine rings is 1. The Hall–Kier alpha value is -1.39. The van der Waals surface area contributed by atoms with E-state index >= 15 is 0 Å². The fraction of sp³-hybridized carbons (Fsp3) is 0.667. The molecule has 2 rings (SSSR count). The lowest BCUT2D eigenvalue weighted by molar-refractivity contribution is -0.415. The van der Waals surface area contributed by atoms with Crippen LogP contribution in [0.25, 0.3) is 0 Å². The van der Waals surface area contributed by atoms with Crippen LogP contribution in [0.5, 0.6) is 0 Å². The summed E-state index contributed by atoms with van der Waals surface area (Å²) in [7, 11) is 0. The third kappa shape index (κ3) is 1.62. The maximum atomic E-state index is 10.7. The molecule has 0 unspecified atom stereocenters. The van der Waals surface area contributed by atoms with Crippen LogP contribution in [0.15, 0.2) is 16.8 Å². The van der Waals surface area contributed by atoms with Crippen LogP contribution in [-0.2, 0) is 0 Å². The molecule has 2 aliphatic heterocycles. The van der Waals surface area contributed by atoms with Crippen molar-refractivity contribution in [1.29, 1.82) is 0 Å². The number of hydrogen-bond acceptors (Lipinski definition) is 4. The summed E-state index contributed by atoms with van der Waals surface area (Å²) >= 11 is 0. The van der Waals surface area contributed by atoms with Crippen LogP contribution in [-0.4, -0.2) is 35.3 Å². The van der Waals surface area contributed by atoms with Gasteiger partial charge in [-0.25, -0.2) is 0 Å². The van der Waals surface area contributed by atoms with E-state index in [9.17, 15) is 10.1 Å². The molecule has 0 atom stereocenters. The molecule has 1 fully saturated rings. The number of amidine groups is 1. The fourth-order valence-corrected chi connectivity index (χ4v) is 1.91. The molecule has 0 spiro atoms. The molecule has 0 N–H and O–H groups in total. The van der Waals surface area contributed by atoms with Crippen molar-refractivity contribution < 1.29 is 4.92 Å². The van der Waals surface area contributed by atoms with Gasteiger partial charge in [-0.05, 0) is 19.3 Å². The summed E-state index contributed by atoms with van der Waals surface area (Å²) in [5, 5.41) is 10.7. The van der Waals surface area contributed by atoms with E-state index in [1.54, 1.807) is 6.08 Å². The van der Waals surface area contributed by atoms with E-state index in [0.717, 1.165) is 25.9 Å². The highest BCUT2D eigenvalue weighted by atomic mass is 16.6. The van der Waals surface area contributed by atoms with Crippen molar-refractivity contribution in [3.8, 4) is 0 Å². The Morgan fingerprint density at radius 3 is 2.71 bits per heavy atom. The standard InChI is InChI=1S/C9H13N3O2/c13-12(14)8-4-5-10-9(8)11-6-2-1-3-7-11/h4H,1-3,5-7H2. The Balaban J connectivity index is 2.10. The molecule has 76 valence electrons. The van der Waals surface area contributed by atoms with E-state index in [4.69, 9.17) is 0 Å². The highest BCUT2D eigenvalue weighted by Gasteiger charge is 2.28. The van der Waals surface area contributed by atoms with Gasteiger partial charge in [0, 0.05) is 19.2 Å². The Kier molecular flexibility index (Phi) is 2.47. The van der Waals surface area contributed by atoms with E-state index in [-0.39, 0.29) is 10.6 Å². The summed E-state index contributed by atoms with van der Waals surface area (Å²) < 4.78 is 0. The quantitative estimate of drug-likeness (QED) is 0.464. The summed E-state index contributed by atoms with van der Waals surface area (Å²) in [6.45, 7) is 2.27. The molecule has 14 heavy (non-hydrogen) atoms. The van der Waals surface area contributed by atoms with E-state index in [0.29, 0.717) is 12.4 Å². The molecule has 0 amide bonds. The average Bonchev–Trinajstić information content (AvgIpc) is 2.67. The monoisotopic (exact) mass is 195 g/mol. The Bertz CT molecular complexity index is 303. The van der Waals surface area contributed by atoms with Crippen LogP contribution < -0.4 is 0 Å². The summed E-state index contributed by atoms with van der Waals surface area (Å²) in [5.74, 6) is 0.592. The van der Waals surface area contributed by atoms with Gasteiger partial charge in [-0.1, -0.05) is 0 Å². The van der Waals surface area contributed by atoms with Gasteiger partial charge in [-0.15, -0.1) is 0 Å². The van der Waals surface area contributed by atoms with Crippen molar-refractivity contribution in [1.82, 2.24) is 4.90 Å². The van der Waals surface area contributed by atoms with Gasteiger partial charge in [0.05, 0.1) is 11.5 Å². The number of hydrogen-bond donors (Lipinski definition) is 0. The normalized spacial score (nSPS) is 21.9. The van der Waals surface area contributed by atoms with Crippen LogP contribution in [0.4, 0.5) is 0 Å². The topological polar surface area (TPSA) is 58.7 Å². The predicted molar refractivity (Wildman–Crippen MR) is 52.8 cm³/mol. The molecule has 0 saturated carbocycles. The Labute approximate surface area is 82.3 Å². The highest BCUT2D eigenvalue weighted by molar-refractivity contribution is 5.97. The number of nitrogens with zero attached hydrogens (tertiary/aromatic N) is 3. The first-order valence-corrected chi connectivity index (χ1v) is 4.93. The largest absolute Gasteiger partial charge is 0.351 e. The van der Waals surface area contributed by atoms with Crippen molar-refractivity contribution in [3.05, 3.63) is 21.9 Å². The molecule has 5 heteroatoms. The maximum Gasteiger partial charge on any atom is 0.309 e. The molecule has 0 radical (unpaired) electrons. The zero-order chi connectivity index (χ0) is 9.97. The molecule has 0 aromatic heterocycles. The Morgan fingerprint density at radius 2 is 2.07 bits per heavy atom. The van der Waals surface area contributed by atoms with Gasteiger partial charge in [0.25, 0.3) is 0 Å². The van der Waals surface area contributed by atoms with E-state index < -0.39 is 0 Å². The van der Waals surface area contributed by atoms with Gasteiger partial charge in [0.15, 0.2) is 0 Å². The second kappa shape index (κ2) is 3.77. The second-order valence-corrected chi connectivity index (χ2v) is 3.56. The zero-order valence-corrected chi connectivity index (χ0v) is 7.98. The van der Waals surface area contributed by atoms with Gasteiger partial charge in [-0.2, -0.15) is 0 Å². The van der Waals surface area contributed by atoms with Crippen molar-refractivity contribution in [3.63, 3.8) is 0 Å². The number of rotatable bonds is 1. The van der Waals surface area contributed by atoms with Gasteiger partial charge in [0.2, 0.25) is 5.84 Å². The summed E-state index contributed by atoms with van der Waals surface area (Å²) in [4.78, 5) is 16.6. The van der Waals surface area contributed by atoms with Crippen LogP contribution in [0.2, 0.25) is 0 Å². The van der Waals surface area contributed by atoms with Crippen molar-refractivity contribution in [2.24, 2.45) is 4.99 Å². The molecule has 1 saturated heterocycles. The number of nitro groups is 1. The third-order valence-corrected chi connectivity index (χ3v) is 2.61. The molecule has 0 bridgehead atoms. The second-order valence-electron chi connectivity index (χ2n) is 3.56. The van der Waals surface area contributed by atoms with Crippen LogP contribution in [0.3, 0.4) is 0 Å². The molecule has 0 aliphatic carbocycles. The highest BCUT2D eigenvalue weighted by Crippen LogP contribution is 2.16. The van der Waals surface area contributed by atoms with E-state index in [2.05, 4.69) is 4.99 Å². The summed E-state index contributed by atoms with van der Waals surface area (Å²) in [6.07, 6.45) is 5.04. The predicted octanol–water partition coefficient (Wildman–Crippen LogP) is 1.04. The fourth-order valence-electron chi connectivity index (χ4n) is 1.91. The third-order valence-electron chi connectivity index (χ3n) is 2.61. The number of likely N-dealkylation sites (tertiary alicyclic amines) is 1. The molecular formula is C9H13N3O2. The SMILES string of the molecule is O=[N+]([O-])C1=CCN=C1N1CCCCC1. The first-order valence-electron chi connectivity index (χ1n) is 4.93. The lowest BCUT2D eigenvalue weighted by Gasteiger charge is -2.27. The van der Waals surface area contributed by atoms with Gasteiger partial charge in [0.1, 0.15) is 0 Å². The summed E-state index contributed by atoms with van der Waals surface area (Å²) in [5.41, 5.74) is 0.187. The first kappa shape index (κ1) is 9.18. The Morgan fingerprint density at radius 1 is 1.36 bits per heavy atom. The molecule has 0 aromatic carbocycles. The molecule has 2 aliphatic rings. The number of aliphatic imine (C=N–C) groups is 1. The van der Waals surface area contributed by atoms with Crippen molar-refractivity contribution in [2.75, 3.05) is 19.6 Å². The minimum atomic E-state index is -0.333. The van der Waals surface area contributed by atoms with Crippen LogP contribution >= 0.6 is 0 Å². The summed E-state index contributed by atoms with van der Waals surface area (Å²) in [6, 6.07) is 0. The molecular weight excluding hydrogens is 182 g/mol. The molecule has 0 aromatic rings. The average molecular weight is 195 g/mol. The maximum absolute atomic E-state index is 10.7. The van der Waals surface area contributed by atoms with Gasteiger partial charge < -0.3 is 4.90 Å². The minimum Gasteiger partial charge on any atom is -0.351 e. The van der Waals surface area contributed by atoms with Gasteiger partial charge in [-0.3, -0.25) is 15.1 Å². The van der Waals surface area contributed by atoms with E-state index in [1.807, 2.05) is 4.90 Å². The lowest BCUT2D eigenvalue weighted by atomic mass is 10.1. The lowest BCUT2D eigenvalue weighted by Crippen LogP contribution is -2.37. The van der Waals surface area contributed by atoms with E-state index in [1.165, 1.54) is 6.42 Å². The van der Waals surface area contributed by atoms with Crippen molar-refractivity contribution in [2.45, 2.75) is 19.3 Å². The zero-order valence-electron chi connectivity index (χ0n) is 7.98. The van der Waals surface area contributed by atoms with Gasteiger partial charge >= 0.3 is 5.70 Å². The molecule has 5 nitrogen and oxygen atoms in total. The van der Waals surface area contributed by atoms with Crippen molar-refractivity contribution >= 4 is 5.84 Å². The molecule has 2 heterocycles. The first-order chi connectivity index (χ1) is 6.79. The van der Waals surface area contributed by atoms with Crippen LogP contribution in [0.1, 0.15) is 19.3 Å². The minimum absolute atomic E-state index is 0.187. The van der Waals surface area contributed by atoms with Crippen LogP contribution in [0, 0.1) is 10.1 Å².